The lowest BCUT2D eigenvalue weighted by molar-refractivity contribution is -0.120. The number of fused-ring (bicyclic) bond motifs is 1. The van der Waals surface area contributed by atoms with Crippen molar-refractivity contribution in [3.05, 3.63) is 77.4 Å². The summed E-state index contributed by atoms with van der Waals surface area (Å²) in [6, 6.07) is 11.8. The fourth-order valence-corrected chi connectivity index (χ4v) is 3.51. The smallest absolute Gasteiger partial charge is 0.226 e. The minimum absolute atomic E-state index is 0.0765. The summed E-state index contributed by atoms with van der Waals surface area (Å²) in [5, 5.41) is 4.80. The van der Waals surface area contributed by atoms with Crippen LogP contribution in [0.25, 0.3) is 16.2 Å². The van der Waals surface area contributed by atoms with Gasteiger partial charge in [-0.25, -0.2) is 9.37 Å². The van der Waals surface area contributed by atoms with Crippen LogP contribution in [0.15, 0.2) is 60.2 Å². The molecule has 0 aliphatic heterocycles. The highest BCUT2D eigenvalue weighted by Crippen LogP contribution is 2.24. The highest BCUT2D eigenvalue weighted by atomic mass is 32.1. The maximum Gasteiger partial charge on any atom is 0.226 e. The van der Waals surface area contributed by atoms with E-state index in [0.717, 1.165) is 27.6 Å². The Bertz CT molecular complexity index is 1040. The first-order chi connectivity index (χ1) is 12.7. The fourth-order valence-electron chi connectivity index (χ4n) is 2.64. The lowest BCUT2D eigenvalue weighted by Gasteiger charge is -2.04. The normalized spacial score (nSPS) is 11.0. The molecule has 1 amide bonds. The average Bonchev–Trinajstić information content (AvgIpc) is 3.24. The number of hydrogen-bond donors (Lipinski definition) is 1. The Morgan fingerprint density at radius 3 is 2.81 bits per heavy atom. The summed E-state index contributed by atoms with van der Waals surface area (Å²) in [4.78, 5) is 21.8. The van der Waals surface area contributed by atoms with Gasteiger partial charge in [-0.2, -0.15) is 0 Å². The molecule has 1 N–H and O–H groups in total. The molecule has 0 fully saturated rings. The summed E-state index contributed by atoms with van der Waals surface area (Å²) < 4.78 is 15.0. The number of nitrogens with zero attached hydrogens (tertiary/aromatic N) is 3. The molecule has 130 valence electrons. The third-order valence-corrected chi connectivity index (χ3v) is 4.85. The summed E-state index contributed by atoms with van der Waals surface area (Å²) in [6.45, 7) is 0.401. The maximum absolute atomic E-state index is 13.1. The van der Waals surface area contributed by atoms with Crippen LogP contribution in [0.1, 0.15) is 11.4 Å². The molecule has 1 aromatic carbocycles. The summed E-state index contributed by atoms with van der Waals surface area (Å²) in [5.74, 6) is -0.354. The third-order valence-electron chi connectivity index (χ3n) is 3.96. The number of halogens is 1. The number of benzene rings is 1. The van der Waals surface area contributed by atoms with E-state index in [1.54, 1.807) is 18.3 Å². The summed E-state index contributed by atoms with van der Waals surface area (Å²) in [5.41, 5.74) is 3.28. The van der Waals surface area contributed by atoms with Gasteiger partial charge in [0.05, 0.1) is 24.4 Å². The topological polar surface area (TPSA) is 59.3 Å². The lowest BCUT2D eigenvalue weighted by Crippen LogP contribution is -2.25. The Kier molecular flexibility index (Phi) is 4.45. The molecule has 0 atom stereocenters. The zero-order valence-corrected chi connectivity index (χ0v) is 14.5. The SMILES string of the molecule is O=C(Cc1csc2nc(-c3ccc(F)cc3)cn12)NCc1ccccn1. The second-order valence-electron chi connectivity index (χ2n) is 5.79. The van der Waals surface area contributed by atoms with Gasteiger partial charge in [0.1, 0.15) is 5.82 Å². The van der Waals surface area contributed by atoms with Gasteiger partial charge in [-0.3, -0.25) is 14.2 Å². The van der Waals surface area contributed by atoms with Gasteiger partial charge in [0, 0.05) is 29.0 Å². The van der Waals surface area contributed by atoms with E-state index in [0.29, 0.717) is 6.54 Å². The summed E-state index contributed by atoms with van der Waals surface area (Å²) in [6.07, 6.45) is 3.83. The number of hydrogen-bond acceptors (Lipinski definition) is 4. The molecule has 4 aromatic rings. The van der Waals surface area contributed by atoms with Crippen molar-refractivity contribution in [2.75, 3.05) is 0 Å². The molecule has 0 saturated heterocycles. The van der Waals surface area contributed by atoms with Crippen molar-refractivity contribution in [2.45, 2.75) is 13.0 Å². The van der Waals surface area contributed by atoms with Crippen molar-refractivity contribution in [3.8, 4) is 11.3 Å². The minimum Gasteiger partial charge on any atom is -0.350 e. The first-order valence-electron chi connectivity index (χ1n) is 8.07. The quantitative estimate of drug-likeness (QED) is 0.588. The summed E-state index contributed by atoms with van der Waals surface area (Å²) >= 11 is 1.47. The molecule has 26 heavy (non-hydrogen) atoms. The van der Waals surface area contributed by atoms with Crippen molar-refractivity contribution in [1.29, 1.82) is 0 Å². The second-order valence-corrected chi connectivity index (χ2v) is 6.62. The summed E-state index contributed by atoms with van der Waals surface area (Å²) in [7, 11) is 0. The molecule has 0 bridgehead atoms. The van der Waals surface area contributed by atoms with E-state index in [4.69, 9.17) is 0 Å². The van der Waals surface area contributed by atoms with Crippen LogP contribution in [0, 0.1) is 5.82 Å². The third kappa shape index (κ3) is 3.48. The molecule has 3 heterocycles. The number of aromatic nitrogens is 3. The largest absolute Gasteiger partial charge is 0.350 e. The molecule has 4 rings (SSSR count). The lowest BCUT2D eigenvalue weighted by atomic mass is 10.2. The zero-order chi connectivity index (χ0) is 17.9. The van der Waals surface area contributed by atoms with Gasteiger partial charge in [-0.15, -0.1) is 11.3 Å². The fraction of sp³-hybridized carbons (Fsp3) is 0.105. The van der Waals surface area contributed by atoms with E-state index in [1.165, 1.54) is 23.5 Å². The predicted molar refractivity (Wildman–Crippen MR) is 98.3 cm³/mol. The molecule has 0 saturated carbocycles. The number of pyridine rings is 1. The van der Waals surface area contributed by atoms with Crippen LogP contribution in [-0.4, -0.2) is 20.3 Å². The van der Waals surface area contributed by atoms with Crippen molar-refractivity contribution >= 4 is 22.2 Å². The van der Waals surface area contributed by atoms with E-state index < -0.39 is 0 Å². The van der Waals surface area contributed by atoms with Crippen LogP contribution in [0.5, 0.6) is 0 Å². The average molecular weight is 366 g/mol. The Morgan fingerprint density at radius 1 is 1.19 bits per heavy atom. The van der Waals surface area contributed by atoms with Crippen LogP contribution in [0.3, 0.4) is 0 Å². The van der Waals surface area contributed by atoms with Crippen molar-refractivity contribution in [3.63, 3.8) is 0 Å². The van der Waals surface area contributed by atoms with E-state index in [2.05, 4.69) is 15.3 Å². The number of carbonyl (C=O) groups excluding carboxylic acids is 1. The van der Waals surface area contributed by atoms with Gasteiger partial charge in [0.25, 0.3) is 0 Å². The first-order valence-corrected chi connectivity index (χ1v) is 8.95. The minimum atomic E-state index is -0.278. The molecule has 0 radical (unpaired) electrons. The van der Waals surface area contributed by atoms with Gasteiger partial charge in [0.15, 0.2) is 4.96 Å². The maximum atomic E-state index is 13.1. The number of rotatable bonds is 5. The Labute approximate surface area is 153 Å². The first kappa shape index (κ1) is 16.4. The van der Waals surface area contributed by atoms with Gasteiger partial charge in [-0.05, 0) is 36.4 Å². The van der Waals surface area contributed by atoms with Crippen LogP contribution in [0.4, 0.5) is 4.39 Å². The number of thiazole rings is 1. The second kappa shape index (κ2) is 7.05. The number of imidazole rings is 1. The predicted octanol–water partition coefficient (Wildman–Crippen LogP) is 3.46. The van der Waals surface area contributed by atoms with Crippen molar-refractivity contribution in [2.24, 2.45) is 0 Å². The molecule has 0 aliphatic rings. The van der Waals surface area contributed by atoms with E-state index in [1.807, 2.05) is 34.2 Å². The van der Waals surface area contributed by atoms with E-state index in [-0.39, 0.29) is 18.1 Å². The number of nitrogens with one attached hydrogen (secondary N) is 1. The van der Waals surface area contributed by atoms with Crippen LogP contribution < -0.4 is 5.32 Å². The Hall–Kier alpha value is -3.06. The Balaban J connectivity index is 1.48. The monoisotopic (exact) mass is 366 g/mol. The zero-order valence-electron chi connectivity index (χ0n) is 13.7. The van der Waals surface area contributed by atoms with E-state index >= 15 is 0 Å². The molecule has 3 aromatic heterocycles. The molecule has 5 nitrogen and oxygen atoms in total. The molecule has 0 aliphatic carbocycles. The number of carbonyl (C=O) groups is 1. The molecular formula is C19H15FN4OS. The van der Waals surface area contributed by atoms with Gasteiger partial charge in [0.2, 0.25) is 5.91 Å². The van der Waals surface area contributed by atoms with Gasteiger partial charge in [-0.1, -0.05) is 6.07 Å². The van der Waals surface area contributed by atoms with E-state index in [9.17, 15) is 9.18 Å². The number of amides is 1. The van der Waals surface area contributed by atoms with Gasteiger partial charge < -0.3 is 5.32 Å². The van der Waals surface area contributed by atoms with Crippen molar-refractivity contribution in [1.82, 2.24) is 19.7 Å². The highest BCUT2D eigenvalue weighted by molar-refractivity contribution is 7.15. The standard InChI is InChI=1S/C19H15FN4OS/c20-14-6-4-13(5-7-14)17-11-24-16(12-26-19(24)23-17)9-18(25)22-10-15-3-1-2-8-21-15/h1-8,11-12H,9-10H2,(H,22,25). The Morgan fingerprint density at radius 2 is 2.04 bits per heavy atom. The molecular weight excluding hydrogens is 351 g/mol. The van der Waals surface area contributed by atoms with Crippen LogP contribution >= 0.6 is 11.3 Å². The van der Waals surface area contributed by atoms with Crippen LogP contribution in [-0.2, 0) is 17.8 Å². The molecule has 7 heteroatoms. The highest BCUT2D eigenvalue weighted by Gasteiger charge is 2.12. The van der Waals surface area contributed by atoms with Gasteiger partial charge >= 0.3 is 0 Å². The molecule has 0 spiro atoms. The van der Waals surface area contributed by atoms with Crippen LogP contribution in [0.2, 0.25) is 0 Å². The molecule has 0 unspecified atom stereocenters. The van der Waals surface area contributed by atoms with Crippen molar-refractivity contribution < 1.29 is 9.18 Å².